The molecule has 0 fully saturated rings. The monoisotopic (exact) mass is 397 g/mol. The number of hydrogen-bond acceptors (Lipinski definition) is 9. The minimum atomic E-state index is 0.371. The van der Waals surface area contributed by atoms with Crippen LogP contribution >= 0.6 is 0 Å². The summed E-state index contributed by atoms with van der Waals surface area (Å²) in [6.07, 6.45) is 0. The van der Waals surface area contributed by atoms with Crippen LogP contribution in [-0.2, 0) is 0 Å². The summed E-state index contributed by atoms with van der Waals surface area (Å²) in [4.78, 5) is 13.1. The SMILES string of the molecule is COc1ccc(Nc2nc(C)nc(Nc3ccc(OC)cc3OC)n2)c(OC)c1. The average molecular weight is 397 g/mol. The van der Waals surface area contributed by atoms with Crippen LogP contribution in [0.25, 0.3) is 0 Å². The number of nitrogens with zero attached hydrogens (tertiary/aromatic N) is 3. The second-order valence-corrected chi connectivity index (χ2v) is 5.91. The Bertz CT molecular complexity index is 921. The summed E-state index contributed by atoms with van der Waals surface area (Å²) in [7, 11) is 6.37. The molecule has 0 aliphatic heterocycles. The van der Waals surface area contributed by atoms with Gasteiger partial charge in [0, 0.05) is 12.1 Å². The number of methoxy groups -OCH3 is 4. The highest BCUT2D eigenvalue weighted by atomic mass is 16.5. The molecule has 2 aromatic carbocycles. The highest BCUT2D eigenvalue weighted by Gasteiger charge is 2.11. The third-order valence-electron chi connectivity index (χ3n) is 4.06. The minimum Gasteiger partial charge on any atom is -0.497 e. The maximum atomic E-state index is 5.41. The Hall–Kier alpha value is -3.75. The second kappa shape index (κ2) is 8.96. The van der Waals surface area contributed by atoms with Gasteiger partial charge in [0.25, 0.3) is 0 Å². The fourth-order valence-corrected chi connectivity index (χ4v) is 2.64. The van der Waals surface area contributed by atoms with Gasteiger partial charge in [-0.1, -0.05) is 0 Å². The van der Waals surface area contributed by atoms with Crippen LogP contribution in [-0.4, -0.2) is 43.4 Å². The van der Waals surface area contributed by atoms with Gasteiger partial charge in [-0.25, -0.2) is 0 Å². The van der Waals surface area contributed by atoms with E-state index in [-0.39, 0.29) is 0 Å². The molecule has 1 heterocycles. The zero-order chi connectivity index (χ0) is 20.8. The van der Waals surface area contributed by atoms with Crippen LogP contribution < -0.4 is 29.6 Å². The van der Waals surface area contributed by atoms with E-state index in [0.29, 0.717) is 52.1 Å². The summed E-state index contributed by atoms with van der Waals surface area (Å²) < 4.78 is 21.3. The molecule has 0 aliphatic carbocycles. The van der Waals surface area contributed by atoms with E-state index >= 15 is 0 Å². The molecule has 0 spiro atoms. The van der Waals surface area contributed by atoms with Crippen molar-refractivity contribution in [3.63, 3.8) is 0 Å². The highest BCUT2D eigenvalue weighted by Crippen LogP contribution is 2.32. The first-order valence-electron chi connectivity index (χ1n) is 8.77. The largest absolute Gasteiger partial charge is 0.497 e. The molecular weight excluding hydrogens is 374 g/mol. The molecule has 9 nitrogen and oxygen atoms in total. The topological polar surface area (TPSA) is 99.7 Å². The van der Waals surface area contributed by atoms with Crippen molar-refractivity contribution >= 4 is 23.3 Å². The van der Waals surface area contributed by atoms with Gasteiger partial charge in [0.2, 0.25) is 11.9 Å². The first kappa shape index (κ1) is 20.0. The molecule has 0 saturated carbocycles. The van der Waals surface area contributed by atoms with Crippen molar-refractivity contribution in [3.05, 3.63) is 42.2 Å². The molecule has 1 aromatic heterocycles. The molecule has 29 heavy (non-hydrogen) atoms. The van der Waals surface area contributed by atoms with Gasteiger partial charge < -0.3 is 29.6 Å². The number of aryl methyl sites for hydroxylation is 1. The fourth-order valence-electron chi connectivity index (χ4n) is 2.64. The number of rotatable bonds is 8. The van der Waals surface area contributed by atoms with Gasteiger partial charge in [0.1, 0.15) is 28.8 Å². The highest BCUT2D eigenvalue weighted by molar-refractivity contribution is 5.67. The molecule has 9 heteroatoms. The lowest BCUT2D eigenvalue weighted by Gasteiger charge is -2.14. The predicted molar refractivity (Wildman–Crippen MR) is 110 cm³/mol. The molecule has 0 bridgehead atoms. The number of anilines is 4. The maximum absolute atomic E-state index is 5.41. The van der Waals surface area contributed by atoms with E-state index in [2.05, 4.69) is 25.6 Å². The second-order valence-electron chi connectivity index (χ2n) is 5.91. The van der Waals surface area contributed by atoms with Gasteiger partial charge in [0.05, 0.1) is 39.8 Å². The molecule has 3 aromatic rings. The van der Waals surface area contributed by atoms with Gasteiger partial charge in [0.15, 0.2) is 0 Å². The van der Waals surface area contributed by atoms with Crippen LogP contribution in [0.2, 0.25) is 0 Å². The van der Waals surface area contributed by atoms with E-state index in [1.807, 2.05) is 24.3 Å². The summed E-state index contributed by atoms with van der Waals surface area (Å²) in [5.74, 6) is 3.88. The smallest absolute Gasteiger partial charge is 0.232 e. The fraction of sp³-hybridized carbons (Fsp3) is 0.250. The lowest BCUT2D eigenvalue weighted by molar-refractivity contribution is 0.395. The van der Waals surface area contributed by atoms with E-state index in [0.717, 1.165) is 0 Å². The third kappa shape index (κ3) is 4.75. The number of aromatic nitrogens is 3. The molecule has 2 N–H and O–H groups in total. The Morgan fingerprint density at radius 3 is 1.45 bits per heavy atom. The molecule has 0 unspecified atom stereocenters. The van der Waals surface area contributed by atoms with E-state index in [9.17, 15) is 0 Å². The predicted octanol–water partition coefficient (Wildman–Crippen LogP) is 3.70. The minimum absolute atomic E-state index is 0.371. The van der Waals surface area contributed by atoms with Gasteiger partial charge in [-0.15, -0.1) is 0 Å². The lowest BCUT2D eigenvalue weighted by atomic mass is 10.2. The number of ether oxygens (including phenoxy) is 4. The van der Waals surface area contributed by atoms with Crippen LogP contribution in [0.4, 0.5) is 23.3 Å². The van der Waals surface area contributed by atoms with Crippen molar-refractivity contribution in [1.82, 2.24) is 15.0 Å². The van der Waals surface area contributed by atoms with Crippen LogP contribution in [0.3, 0.4) is 0 Å². The van der Waals surface area contributed by atoms with Crippen LogP contribution in [0.15, 0.2) is 36.4 Å². The Morgan fingerprint density at radius 1 is 0.621 bits per heavy atom. The maximum Gasteiger partial charge on any atom is 0.232 e. The van der Waals surface area contributed by atoms with Gasteiger partial charge in [-0.05, 0) is 31.2 Å². The number of benzene rings is 2. The van der Waals surface area contributed by atoms with Crippen molar-refractivity contribution in [3.8, 4) is 23.0 Å². The van der Waals surface area contributed by atoms with Crippen molar-refractivity contribution in [2.75, 3.05) is 39.1 Å². The van der Waals surface area contributed by atoms with Gasteiger partial charge in [-0.2, -0.15) is 15.0 Å². The molecule has 0 atom stereocenters. The first-order valence-corrected chi connectivity index (χ1v) is 8.77. The van der Waals surface area contributed by atoms with E-state index in [1.54, 1.807) is 47.5 Å². The zero-order valence-corrected chi connectivity index (χ0v) is 16.9. The van der Waals surface area contributed by atoms with Crippen LogP contribution in [0.1, 0.15) is 5.82 Å². The number of hydrogen-bond donors (Lipinski definition) is 2. The van der Waals surface area contributed by atoms with E-state index in [1.165, 1.54) is 0 Å². The van der Waals surface area contributed by atoms with Gasteiger partial charge >= 0.3 is 0 Å². The Kier molecular flexibility index (Phi) is 6.18. The van der Waals surface area contributed by atoms with E-state index < -0.39 is 0 Å². The van der Waals surface area contributed by atoms with E-state index in [4.69, 9.17) is 18.9 Å². The summed E-state index contributed by atoms with van der Waals surface area (Å²) in [6, 6.07) is 10.9. The molecule has 0 radical (unpaired) electrons. The number of nitrogens with one attached hydrogen (secondary N) is 2. The molecule has 0 saturated heterocycles. The van der Waals surface area contributed by atoms with Crippen molar-refractivity contribution in [2.45, 2.75) is 6.92 Å². The summed E-state index contributed by atoms with van der Waals surface area (Å²) in [5.41, 5.74) is 1.40. The summed E-state index contributed by atoms with van der Waals surface area (Å²) in [6.45, 7) is 1.79. The average Bonchev–Trinajstić information content (AvgIpc) is 2.73. The summed E-state index contributed by atoms with van der Waals surface area (Å²) >= 11 is 0. The summed E-state index contributed by atoms with van der Waals surface area (Å²) in [5, 5.41) is 6.31. The zero-order valence-electron chi connectivity index (χ0n) is 16.9. The Labute approximate surface area is 169 Å². The Morgan fingerprint density at radius 2 is 1.07 bits per heavy atom. The first-order chi connectivity index (χ1) is 14.1. The molecule has 0 aliphatic rings. The van der Waals surface area contributed by atoms with Crippen molar-refractivity contribution < 1.29 is 18.9 Å². The van der Waals surface area contributed by atoms with Gasteiger partial charge in [-0.3, -0.25) is 0 Å². The van der Waals surface area contributed by atoms with Crippen molar-refractivity contribution in [2.24, 2.45) is 0 Å². The molecule has 152 valence electrons. The molecule has 0 amide bonds. The molecular formula is C20H23N5O4. The third-order valence-corrected chi connectivity index (χ3v) is 4.06. The standard InChI is InChI=1S/C20H23N5O4/c1-12-21-19(23-15-8-6-13(26-2)10-17(15)28-4)25-20(22-12)24-16-9-7-14(27-3)11-18(16)29-5/h6-11H,1-5H3,(H2,21,22,23,24,25). The molecule has 3 rings (SSSR count). The van der Waals surface area contributed by atoms with Crippen LogP contribution in [0.5, 0.6) is 23.0 Å². The normalized spacial score (nSPS) is 10.2. The quantitative estimate of drug-likeness (QED) is 0.589. The van der Waals surface area contributed by atoms with Crippen LogP contribution in [0, 0.1) is 6.92 Å². The van der Waals surface area contributed by atoms with Crippen molar-refractivity contribution in [1.29, 1.82) is 0 Å². The Balaban J connectivity index is 1.88. The lowest BCUT2D eigenvalue weighted by Crippen LogP contribution is -2.06.